The van der Waals surface area contributed by atoms with Crippen molar-refractivity contribution in [1.82, 2.24) is 0 Å². The van der Waals surface area contributed by atoms with Crippen LogP contribution in [0.4, 0.5) is 0 Å². The van der Waals surface area contributed by atoms with Crippen molar-refractivity contribution in [1.29, 1.82) is 0 Å². The van der Waals surface area contributed by atoms with Crippen LogP contribution in [0.25, 0.3) is 0 Å². The van der Waals surface area contributed by atoms with Gasteiger partial charge in [0.05, 0.1) is 0 Å². The summed E-state index contributed by atoms with van der Waals surface area (Å²) in [6.07, 6.45) is 3.82. The molecule has 0 saturated carbocycles. The summed E-state index contributed by atoms with van der Waals surface area (Å²) < 4.78 is 4.83. The summed E-state index contributed by atoms with van der Waals surface area (Å²) in [5, 5.41) is 9.24. The maximum Gasteiger partial charge on any atom is 0.331 e. The Hall–Kier alpha value is -1.35. The third-order valence-electron chi connectivity index (χ3n) is 1.37. The Morgan fingerprint density at radius 3 is 2.46 bits per heavy atom. The Labute approximate surface area is 78.0 Å². The Morgan fingerprint density at radius 1 is 1.46 bits per heavy atom. The minimum atomic E-state index is -0.910. The van der Waals surface area contributed by atoms with Gasteiger partial charge in [-0.3, -0.25) is 0 Å². The highest BCUT2D eigenvalue weighted by Crippen LogP contribution is 2.02. The van der Waals surface area contributed by atoms with Crippen LogP contribution in [-0.2, 0) is 9.53 Å². The molecule has 13 heavy (non-hydrogen) atoms. The first-order valence-electron chi connectivity index (χ1n) is 3.92. The molecule has 0 aromatic heterocycles. The van der Waals surface area contributed by atoms with Crippen LogP contribution in [0.15, 0.2) is 37.5 Å². The van der Waals surface area contributed by atoms with Gasteiger partial charge in [0.2, 0.25) is 0 Å². The quantitative estimate of drug-likeness (QED) is 0.395. The zero-order valence-electron chi connectivity index (χ0n) is 7.64. The molecule has 0 aromatic rings. The summed E-state index contributed by atoms with van der Waals surface area (Å²) in [4.78, 5) is 10.9. The van der Waals surface area contributed by atoms with Gasteiger partial charge in [-0.25, -0.2) is 4.79 Å². The lowest BCUT2D eigenvalue weighted by molar-refractivity contribution is -0.144. The number of aliphatic hydroxyl groups excluding tert-OH is 1. The number of hydrogen-bond donors (Lipinski definition) is 1. The van der Waals surface area contributed by atoms with Gasteiger partial charge in [0.1, 0.15) is 12.2 Å². The first kappa shape index (κ1) is 11.6. The number of esters is 1. The molecule has 0 spiro atoms. The zero-order chi connectivity index (χ0) is 10.3. The molecule has 0 aliphatic rings. The van der Waals surface area contributed by atoms with Crippen molar-refractivity contribution < 1.29 is 14.6 Å². The summed E-state index contributed by atoms with van der Waals surface area (Å²) in [6, 6.07) is 0. The lowest BCUT2D eigenvalue weighted by Crippen LogP contribution is -2.26. The molecule has 0 radical (unpaired) electrons. The van der Waals surface area contributed by atoms with Gasteiger partial charge < -0.3 is 9.84 Å². The van der Waals surface area contributed by atoms with Crippen molar-refractivity contribution >= 4 is 5.97 Å². The molecule has 0 amide bonds. The fourth-order valence-corrected chi connectivity index (χ4v) is 0.701. The smallest absolute Gasteiger partial charge is 0.331 e. The highest BCUT2D eigenvalue weighted by Gasteiger charge is 2.15. The second kappa shape index (κ2) is 6.20. The monoisotopic (exact) mass is 182 g/mol. The van der Waals surface area contributed by atoms with Crippen molar-refractivity contribution in [3.63, 3.8) is 0 Å². The number of allylic oxidation sites excluding steroid dienone is 1. The van der Waals surface area contributed by atoms with E-state index in [-0.39, 0.29) is 0 Å². The molecule has 0 unspecified atom stereocenters. The van der Waals surface area contributed by atoms with E-state index in [4.69, 9.17) is 4.74 Å². The first-order valence-corrected chi connectivity index (χ1v) is 3.92. The van der Waals surface area contributed by atoms with Gasteiger partial charge in [-0.2, -0.15) is 0 Å². The van der Waals surface area contributed by atoms with Crippen molar-refractivity contribution in [2.45, 2.75) is 19.1 Å². The normalized spacial score (nSPS) is 14.9. The van der Waals surface area contributed by atoms with Gasteiger partial charge in [0.15, 0.2) is 0 Å². The van der Waals surface area contributed by atoms with Crippen LogP contribution in [-0.4, -0.2) is 23.3 Å². The van der Waals surface area contributed by atoms with E-state index in [0.717, 1.165) is 0 Å². The molecular weight excluding hydrogens is 168 g/mol. The largest absolute Gasteiger partial charge is 0.452 e. The predicted octanol–water partition coefficient (Wildman–Crippen LogP) is 1.21. The molecular formula is C10H14O3. The molecule has 0 rings (SSSR count). The van der Waals surface area contributed by atoms with E-state index in [1.54, 1.807) is 13.0 Å². The van der Waals surface area contributed by atoms with E-state index >= 15 is 0 Å². The van der Waals surface area contributed by atoms with E-state index in [9.17, 15) is 9.90 Å². The number of carbonyl (C=O) groups is 1. The van der Waals surface area contributed by atoms with Gasteiger partial charge >= 0.3 is 5.97 Å². The molecule has 72 valence electrons. The number of ether oxygens (including phenoxy) is 1. The second-order valence-corrected chi connectivity index (χ2v) is 2.36. The van der Waals surface area contributed by atoms with Crippen LogP contribution in [0.1, 0.15) is 6.92 Å². The predicted molar refractivity (Wildman–Crippen MR) is 51.1 cm³/mol. The Bertz CT molecular complexity index is 218. The van der Waals surface area contributed by atoms with Crippen LogP contribution in [0, 0.1) is 0 Å². The molecule has 0 bridgehead atoms. The number of carbonyl (C=O) groups excluding carboxylic acids is 1. The number of aliphatic hydroxyl groups is 1. The van der Waals surface area contributed by atoms with Gasteiger partial charge in [-0.05, 0) is 13.0 Å². The summed E-state index contributed by atoms with van der Waals surface area (Å²) in [7, 11) is 0. The van der Waals surface area contributed by atoms with Crippen molar-refractivity contribution in [2.24, 2.45) is 0 Å². The van der Waals surface area contributed by atoms with Crippen LogP contribution in [0.3, 0.4) is 0 Å². The highest BCUT2D eigenvalue weighted by atomic mass is 16.6. The van der Waals surface area contributed by atoms with Crippen molar-refractivity contribution in [3.8, 4) is 0 Å². The van der Waals surface area contributed by atoms with E-state index < -0.39 is 18.2 Å². The standard InChI is InChI=1S/C10H14O3/c1-4-7-10(12)13-9(6-3)8(11)5-2/h4-9,11H,2-3H2,1H3/b7-4+/t8-,9-/m0/s1. The zero-order valence-corrected chi connectivity index (χ0v) is 7.64. The summed E-state index contributed by atoms with van der Waals surface area (Å²) in [5.74, 6) is -0.506. The third-order valence-corrected chi connectivity index (χ3v) is 1.37. The molecule has 0 aliphatic carbocycles. The fraction of sp³-hybridized carbons (Fsp3) is 0.300. The van der Waals surface area contributed by atoms with Crippen LogP contribution in [0.5, 0.6) is 0 Å². The fourth-order valence-electron chi connectivity index (χ4n) is 0.701. The molecule has 2 atom stereocenters. The number of hydrogen-bond acceptors (Lipinski definition) is 3. The second-order valence-electron chi connectivity index (χ2n) is 2.36. The molecule has 0 fully saturated rings. The Balaban J connectivity index is 4.20. The molecule has 0 aliphatic heterocycles. The summed E-state index contributed by atoms with van der Waals surface area (Å²) in [6.45, 7) is 8.51. The van der Waals surface area contributed by atoms with E-state index in [1.807, 2.05) is 0 Å². The molecule has 0 aromatic carbocycles. The lowest BCUT2D eigenvalue weighted by atomic mass is 10.2. The lowest BCUT2D eigenvalue weighted by Gasteiger charge is -2.15. The Kier molecular flexibility index (Phi) is 5.55. The van der Waals surface area contributed by atoms with E-state index in [1.165, 1.54) is 18.2 Å². The molecule has 0 saturated heterocycles. The summed E-state index contributed by atoms with van der Waals surface area (Å²) >= 11 is 0. The highest BCUT2D eigenvalue weighted by molar-refractivity contribution is 5.82. The van der Waals surface area contributed by atoms with Crippen molar-refractivity contribution in [2.75, 3.05) is 0 Å². The van der Waals surface area contributed by atoms with Crippen LogP contribution in [0.2, 0.25) is 0 Å². The maximum absolute atomic E-state index is 10.9. The topological polar surface area (TPSA) is 46.5 Å². The SMILES string of the molecule is C=C[C@H](OC(=O)/C=C/C)[C@@H](O)C=C. The average molecular weight is 182 g/mol. The minimum Gasteiger partial charge on any atom is -0.452 e. The van der Waals surface area contributed by atoms with Gasteiger partial charge in [0, 0.05) is 6.08 Å². The van der Waals surface area contributed by atoms with Gasteiger partial charge in [-0.1, -0.05) is 18.7 Å². The van der Waals surface area contributed by atoms with Crippen LogP contribution < -0.4 is 0 Å². The van der Waals surface area contributed by atoms with Crippen molar-refractivity contribution in [3.05, 3.63) is 37.5 Å². The first-order chi connectivity index (χ1) is 6.15. The van der Waals surface area contributed by atoms with E-state index in [0.29, 0.717) is 0 Å². The molecule has 0 heterocycles. The summed E-state index contributed by atoms with van der Waals surface area (Å²) in [5.41, 5.74) is 0. The molecule has 3 nitrogen and oxygen atoms in total. The van der Waals surface area contributed by atoms with Gasteiger partial charge in [0.25, 0.3) is 0 Å². The Morgan fingerprint density at radius 2 is 2.08 bits per heavy atom. The molecule has 1 N–H and O–H groups in total. The van der Waals surface area contributed by atoms with E-state index in [2.05, 4.69) is 13.2 Å². The average Bonchev–Trinajstić information content (AvgIpc) is 2.13. The van der Waals surface area contributed by atoms with Crippen LogP contribution >= 0.6 is 0 Å². The minimum absolute atomic E-state index is 0.506. The number of rotatable bonds is 5. The third kappa shape index (κ3) is 4.28. The van der Waals surface area contributed by atoms with Gasteiger partial charge in [-0.15, -0.1) is 6.58 Å². The maximum atomic E-state index is 10.9. The molecule has 3 heteroatoms.